The summed E-state index contributed by atoms with van der Waals surface area (Å²) in [6, 6.07) is 27.1. The van der Waals surface area contributed by atoms with Crippen molar-refractivity contribution in [1.82, 2.24) is 4.31 Å². The van der Waals surface area contributed by atoms with Crippen LogP contribution in [0.15, 0.2) is 89.8 Å². The van der Waals surface area contributed by atoms with Crippen molar-refractivity contribution in [2.45, 2.75) is 49.1 Å². The highest BCUT2D eigenvalue weighted by Crippen LogP contribution is 2.47. The maximum absolute atomic E-state index is 13.8. The summed E-state index contributed by atoms with van der Waals surface area (Å²) in [5, 5.41) is 0. The molecule has 0 saturated carbocycles. The van der Waals surface area contributed by atoms with Gasteiger partial charge in [-0.15, -0.1) is 0 Å². The lowest BCUT2D eigenvalue weighted by Crippen LogP contribution is -2.53. The van der Waals surface area contributed by atoms with E-state index in [2.05, 4.69) is 24.3 Å². The van der Waals surface area contributed by atoms with Crippen molar-refractivity contribution >= 4 is 10.0 Å². The van der Waals surface area contributed by atoms with Gasteiger partial charge in [0, 0.05) is 23.5 Å². The Balaban J connectivity index is 1.89. The van der Waals surface area contributed by atoms with Crippen molar-refractivity contribution in [3.8, 4) is 0 Å². The van der Waals surface area contributed by atoms with E-state index in [4.69, 9.17) is 5.73 Å². The minimum Gasteiger partial charge on any atom is -0.324 e. The largest absolute Gasteiger partial charge is 0.324 e. The topological polar surface area (TPSA) is 63.4 Å². The Morgan fingerprint density at radius 3 is 1.81 bits per heavy atom. The first-order valence-electron chi connectivity index (χ1n) is 10.6. The molecule has 1 atom stereocenters. The molecule has 0 aromatic heterocycles. The summed E-state index contributed by atoms with van der Waals surface area (Å²) in [4.78, 5) is 0.310. The van der Waals surface area contributed by atoms with Gasteiger partial charge < -0.3 is 5.73 Å². The molecule has 0 aliphatic carbocycles. The summed E-state index contributed by atoms with van der Waals surface area (Å²) >= 11 is 0. The third-order valence-corrected chi connectivity index (χ3v) is 8.32. The van der Waals surface area contributed by atoms with Crippen molar-refractivity contribution in [3.05, 3.63) is 102 Å². The summed E-state index contributed by atoms with van der Waals surface area (Å²) in [6.07, 6.45) is 0.621. The summed E-state index contributed by atoms with van der Waals surface area (Å²) < 4.78 is 29.3. The van der Waals surface area contributed by atoms with E-state index in [1.165, 1.54) is 0 Å². The van der Waals surface area contributed by atoms with Crippen molar-refractivity contribution < 1.29 is 8.42 Å². The lowest BCUT2D eigenvalue weighted by atomic mass is 9.71. The van der Waals surface area contributed by atoms with Crippen LogP contribution in [0.2, 0.25) is 0 Å². The van der Waals surface area contributed by atoms with Gasteiger partial charge >= 0.3 is 0 Å². The van der Waals surface area contributed by atoms with Crippen molar-refractivity contribution in [2.75, 3.05) is 6.54 Å². The minimum atomic E-state index is -3.72. The highest BCUT2D eigenvalue weighted by Gasteiger charge is 2.54. The second-order valence-electron chi connectivity index (χ2n) is 9.22. The maximum Gasteiger partial charge on any atom is 0.243 e. The van der Waals surface area contributed by atoms with Crippen LogP contribution in [0.1, 0.15) is 37.0 Å². The molecule has 0 amide bonds. The number of nitrogens with two attached hydrogens (primary N) is 1. The van der Waals surface area contributed by atoms with Crippen LogP contribution in [-0.2, 0) is 15.4 Å². The standard InChI is InChI=1S/C26H30N2O2S/c1-20-14-16-23(17-15-20)31(29,30)28-19-26(18-24(28)25(2,3)27,21-10-6-4-7-11-21)22-12-8-5-9-13-22/h4-17,24H,18-19,27H2,1-3H3. The Bertz CT molecular complexity index is 1100. The molecular weight excluding hydrogens is 404 g/mol. The first kappa shape index (κ1) is 21.8. The molecule has 1 heterocycles. The molecule has 31 heavy (non-hydrogen) atoms. The van der Waals surface area contributed by atoms with Gasteiger partial charge in [-0.05, 0) is 50.5 Å². The average molecular weight is 435 g/mol. The van der Waals surface area contributed by atoms with E-state index in [0.29, 0.717) is 17.9 Å². The van der Waals surface area contributed by atoms with Crippen molar-refractivity contribution in [3.63, 3.8) is 0 Å². The van der Waals surface area contributed by atoms with Gasteiger partial charge in [0.25, 0.3) is 0 Å². The molecule has 1 aliphatic heterocycles. The Labute approximate surface area is 185 Å². The molecule has 1 saturated heterocycles. The highest BCUT2D eigenvalue weighted by molar-refractivity contribution is 7.89. The van der Waals surface area contributed by atoms with Gasteiger partial charge in [0.05, 0.1) is 4.90 Å². The molecule has 3 aromatic carbocycles. The number of sulfonamides is 1. The molecule has 1 fully saturated rings. The SMILES string of the molecule is Cc1ccc(S(=O)(=O)N2CC(c3ccccc3)(c3ccccc3)CC2C(C)(C)N)cc1. The van der Waals surface area contributed by atoms with Crippen molar-refractivity contribution in [1.29, 1.82) is 0 Å². The molecule has 1 unspecified atom stereocenters. The molecule has 3 aromatic rings. The molecule has 0 spiro atoms. The van der Waals surface area contributed by atoms with Crippen LogP contribution < -0.4 is 5.73 Å². The van der Waals surface area contributed by atoms with Crippen LogP contribution in [-0.4, -0.2) is 30.8 Å². The zero-order valence-electron chi connectivity index (χ0n) is 18.3. The first-order chi connectivity index (χ1) is 14.6. The number of hydrogen-bond acceptors (Lipinski definition) is 3. The maximum atomic E-state index is 13.8. The van der Waals surface area contributed by atoms with E-state index in [0.717, 1.165) is 16.7 Å². The molecular formula is C26H30N2O2S. The summed E-state index contributed by atoms with van der Waals surface area (Å²) in [5.41, 5.74) is 8.67. The molecule has 1 aliphatic rings. The minimum absolute atomic E-state index is 0.310. The molecule has 0 radical (unpaired) electrons. The fourth-order valence-electron chi connectivity index (χ4n) is 4.70. The predicted octanol–water partition coefficient (Wildman–Crippen LogP) is 4.48. The highest BCUT2D eigenvalue weighted by atomic mass is 32.2. The molecule has 4 rings (SSSR count). The summed E-state index contributed by atoms with van der Waals surface area (Å²) in [7, 11) is -3.72. The van der Waals surface area contributed by atoms with Crippen molar-refractivity contribution in [2.24, 2.45) is 5.73 Å². The normalized spacial score (nSPS) is 19.4. The molecule has 5 heteroatoms. The number of aryl methyl sites for hydroxylation is 1. The van der Waals surface area contributed by atoms with Crippen LogP contribution in [0.4, 0.5) is 0 Å². The Kier molecular flexibility index (Phi) is 5.54. The number of hydrogen-bond donors (Lipinski definition) is 1. The Morgan fingerprint density at radius 1 is 0.871 bits per heavy atom. The second kappa shape index (κ2) is 7.90. The molecule has 162 valence electrons. The Morgan fingerprint density at radius 2 is 1.35 bits per heavy atom. The van der Waals surface area contributed by atoms with E-state index in [1.807, 2.05) is 69.3 Å². The lowest BCUT2D eigenvalue weighted by Gasteiger charge is -2.34. The van der Waals surface area contributed by atoms with Crippen LogP contribution >= 0.6 is 0 Å². The summed E-state index contributed by atoms with van der Waals surface area (Å²) in [6.45, 7) is 6.14. The smallest absolute Gasteiger partial charge is 0.243 e. The average Bonchev–Trinajstić information content (AvgIpc) is 3.19. The zero-order chi connectivity index (χ0) is 22.3. The van der Waals surface area contributed by atoms with Crippen LogP contribution in [0, 0.1) is 6.92 Å². The molecule has 2 N–H and O–H groups in total. The van der Waals surface area contributed by atoms with E-state index >= 15 is 0 Å². The third kappa shape index (κ3) is 3.93. The van der Waals surface area contributed by atoms with E-state index < -0.39 is 21.0 Å². The zero-order valence-corrected chi connectivity index (χ0v) is 19.1. The number of nitrogens with zero attached hydrogens (tertiary/aromatic N) is 1. The lowest BCUT2D eigenvalue weighted by molar-refractivity contribution is 0.275. The van der Waals surface area contributed by atoms with Gasteiger partial charge in [0.1, 0.15) is 0 Å². The number of benzene rings is 3. The third-order valence-electron chi connectivity index (χ3n) is 6.45. The van der Waals surface area contributed by atoms with Crippen LogP contribution in [0.5, 0.6) is 0 Å². The summed E-state index contributed by atoms with van der Waals surface area (Å²) in [5.74, 6) is 0. The van der Waals surface area contributed by atoms with Gasteiger partial charge in [-0.25, -0.2) is 8.42 Å². The van der Waals surface area contributed by atoms with Crippen LogP contribution in [0.25, 0.3) is 0 Å². The van der Waals surface area contributed by atoms with Crippen LogP contribution in [0.3, 0.4) is 0 Å². The molecule has 4 nitrogen and oxygen atoms in total. The van der Waals surface area contributed by atoms with Gasteiger partial charge in [-0.1, -0.05) is 78.4 Å². The van der Waals surface area contributed by atoms with E-state index in [-0.39, 0.29) is 6.04 Å². The van der Waals surface area contributed by atoms with Gasteiger partial charge in [0.15, 0.2) is 0 Å². The predicted molar refractivity (Wildman–Crippen MR) is 125 cm³/mol. The fourth-order valence-corrected chi connectivity index (χ4v) is 6.53. The monoisotopic (exact) mass is 434 g/mol. The quantitative estimate of drug-likeness (QED) is 0.644. The van der Waals surface area contributed by atoms with Gasteiger partial charge in [-0.3, -0.25) is 0 Å². The second-order valence-corrected chi connectivity index (χ2v) is 11.1. The van der Waals surface area contributed by atoms with E-state index in [1.54, 1.807) is 16.4 Å². The first-order valence-corrected chi connectivity index (χ1v) is 12.1. The van der Waals surface area contributed by atoms with E-state index in [9.17, 15) is 8.42 Å². The molecule has 0 bridgehead atoms. The fraction of sp³-hybridized carbons (Fsp3) is 0.308. The number of rotatable bonds is 5. The van der Waals surface area contributed by atoms with Gasteiger partial charge in [-0.2, -0.15) is 4.31 Å². The Hall–Kier alpha value is -2.47. The van der Waals surface area contributed by atoms with Gasteiger partial charge in [0.2, 0.25) is 10.0 Å².